The Morgan fingerprint density at radius 3 is 2.29 bits per heavy atom. The molecule has 1 saturated heterocycles. The van der Waals surface area contributed by atoms with E-state index < -0.39 is 12.2 Å². The normalized spacial score (nSPS) is 31.0. The highest BCUT2D eigenvalue weighted by molar-refractivity contribution is 5.33. The van der Waals surface area contributed by atoms with E-state index in [0.29, 0.717) is 24.7 Å². The maximum absolute atomic E-state index is 9.92. The summed E-state index contributed by atoms with van der Waals surface area (Å²) in [6.07, 6.45) is 0.0897. The molecule has 1 unspecified atom stereocenters. The molecular weight excluding hydrogens is 306 g/mol. The highest BCUT2D eigenvalue weighted by Crippen LogP contribution is 2.38. The fourth-order valence-electron chi connectivity index (χ4n) is 4.09. The number of aliphatic hydroxyl groups is 2. The molecule has 2 aromatic rings. The summed E-state index contributed by atoms with van der Waals surface area (Å²) < 4.78 is 1.86. The summed E-state index contributed by atoms with van der Waals surface area (Å²) in [6, 6.07) is 10.2. The van der Waals surface area contributed by atoms with Crippen molar-refractivity contribution < 1.29 is 10.2 Å². The second-order valence-electron chi connectivity index (χ2n) is 7.04. The number of fused-ring (bicyclic) bond motifs is 1. The highest BCUT2D eigenvalue weighted by atomic mass is 16.3. The molecule has 1 aromatic carbocycles. The van der Waals surface area contributed by atoms with Gasteiger partial charge in [-0.3, -0.25) is 0 Å². The fourth-order valence-corrected chi connectivity index (χ4v) is 4.09. The van der Waals surface area contributed by atoms with Gasteiger partial charge >= 0.3 is 0 Å². The van der Waals surface area contributed by atoms with Crippen LogP contribution in [0.4, 0.5) is 5.95 Å². The molecule has 1 aromatic heterocycles. The minimum atomic E-state index is -0.606. The van der Waals surface area contributed by atoms with Crippen LogP contribution in [0.3, 0.4) is 0 Å². The predicted molar refractivity (Wildman–Crippen MR) is 88.5 cm³/mol. The molecule has 1 saturated carbocycles. The molecule has 7 nitrogen and oxygen atoms in total. The smallest absolute Gasteiger partial charge is 0.246 e. The monoisotopic (exact) mass is 329 g/mol. The average molecular weight is 329 g/mol. The third-order valence-electron chi connectivity index (χ3n) is 5.52. The van der Waals surface area contributed by atoms with E-state index in [1.807, 2.05) is 22.9 Å². The molecule has 2 fully saturated rings. The van der Waals surface area contributed by atoms with E-state index in [1.54, 1.807) is 0 Å². The van der Waals surface area contributed by atoms with Crippen LogP contribution < -0.4 is 4.90 Å². The van der Waals surface area contributed by atoms with E-state index in [1.165, 1.54) is 0 Å². The molecule has 2 heterocycles. The molecule has 1 aliphatic carbocycles. The van der Waals surface area contributed by atoms with Crippen LogP contribution in [0.2, 0.25) is 0 Å². The van der Waals surface area contributed by atoms with Gasteiger partial charge < -0.3 is 15.1 Å². The number of hydrogen-bond acceptors (Lipinski definition) is 6. The van der Waals surface area contributed by atoms with E-state index >= 15 is 0 Å². The number of anilines is 1. The van der Waals surface area contributed by atoms with Crippen molar-refractivity contribution in [1.82, 2.24) is 20.2 Å². The Hall–Kier alpha value is -1.99. The molecule has 0 radical (unpaired) electrons. The minimum Gasteiger partial charge on any atom is -0.390 e. The van der Waals surface area contributed by atoms with Crippen LogP contribution in [-0.4, -0.2) is 55.7 Å². The molecule has 7 heteroatoms. The van der Waals surface area contributed by atoms with Crippen LogP contribution >= 0.6 is 0 Å². The number of tetrazole rings is 1. The van der Waals surface area contributed by atoms with Gasteiger partial charge in [0, 0.05) is 13.1 Å². The first kappa shape index (κ1) is 15.5. The number of hydrogen-bond donors (Lipinski definition) is 2. The van der Waals surface area contributed by atoms with E-state index in [-0.39, 0.29) is 6.04 Å². The number of aromatic nitrogens is 4. The Balaban J connectivity index is 1.55. The Morgan fingerprint density at radius 2 is 1.67 bits per heavy atom. The standard InChI is InChI=1S/C17H23N5O2/c1-11(12-5-3-2-4-6-12)22-17(18-19-20-22)21-9-13-7-15(23)16(24)8-14(13)10-21/h2-6,11,13-16,23-24H,7-10H2,1H3/t11?,13-,14+,15+,16-. The van der Waals surface area contributed by atoms with Crippen molar-refractivity contribution in [2.75, 3.05) is 18.0 Å². The molecule has 128 valence electrons. The Morgan fingerprint density at radius 1 is 1.04 bits per heavy atom. The van der Waals surface area contributed by atoms with Crippen molar-refractivity contribution in [1.29, 1.82) is 0 Å². The van der Waals surface area contributed by atoms with Crippen molar-refractivity contribution in [3.63, 3.8) is 0 Å². The molecule has 5 atom stereocenters. The maximum Gasteiger partial charge on any atom is 0.246 e. The summed E-state index contributed by atoms with van der Waals surface area (Å²) in [5.74, 6) is 1.55. The molecule has 1 aliphatic heterocycles. The van der Waals surface area contributed by atoms with Gasteiger partial charge in [-0.15, -0.1) is 0 Å². The Labute approximate surface area is 140 Å². The second kappa shape index (κ2) is 6.14. The van der Waals surface area contributed by atoms with Gasteiger partial charge in [-0.2, -0.15) is 0 Å². The lowest BCUT2D eigenvalue weighted by molar-refractivity contribution is -0.0372. The molecule has 24 heavy (non-hydrogen) atoms. The quantitative estimate of drug-likeness (QED) is 0.868. The number of nitrogens with zero attached hydrogens (tertiary/aromatic N) is 5. The Kier molecular flexibility index (Phi) is 3.97. The first-order chi connectivity index (χ1) is 11.6. The summed E-state index contributed by atoms with van der Waals surface area (Å²) in [4.78, 5) is 2.19. The fraction of sp³-hybridized carbons (Fsp3) is 0.588. The van der Waals surface area contributed by atoms with Crippen LogP contribution in [0.15, 0.2) is 30.3 Å². The first-order valence-corrected chi connectivity index (χ1v) is 8.57. The summed E-state index contributed by atoms with van der Waals surface area (Å²) in [6.45, 7) is 3.75. The lowest BCUT2D eigenvalue weighted by Gasteiger charge is -2.31. The van der Waals surface area contributed by atoms with Crippen molar-refractivity contribution in [3.05, 3.63) is 35.9 Å². The third kappa shape index (κ3) is 2.67. The second-order valence-corrected chi connectivity index (χ2v) is 7.04. The molecule has 4 rings (SSSR count). The van der Waals surface area contributed by atoms with Crippen molar-refractivity contribution in [2.24, 2.45) is 11.8 Å². The van der Waals surface area contributed by atoms with Gasteiger partial charge in [0.25, 0.3) is 0 Å². The number of rotatable bonds is 3. The molecule has 2 aliphatic rings. The third-order valence-corrected chi connectivity index (χ3v) is 5.52. The summed E-state index contributed by atoms with van der Waals surface area (Å²) >= 11 is 0. The van der Waals surface area contributed by atoms with Crippen LogP contribution in [0, 0.1) is 11.8 Å². The topological polar surface area (TPSA) is 87.3 Å². The lowest BCUT2D eigenvalue weighted by atomic mass is 9.79. The van der Waals surface area contributed by atoms with Crippen LogP contribution in [0.5, 0.6) is 0 Å². The van der Waals surface area contributed by atoms with E-state index in [4.69, 9.17) is 0 Å². The van der Waals surface area contributed by atoms with Gasteiger partial charge in [0.15, 0.2) is 0 Å². The van der Waals surface area contributed by atoms with Gasteiger partial charge in [0.2, 0.25) is 5.95 Å². The van der Waals surface area contributed by atoms with Crippen LogP contribution in [0.25, 0.3) is 0 Å². The van der Waals surface area contributed by atoms with Crippen molar-refractivity contribution in [2.45, 2.75) is 38.0 Å². The zero-order valence-electron chi connectivity index (χ0n) is 13.7. The minimum absolute atomic E-state index is 0.0509. The van der Waals surface area contributed by atoms with Gasteiger partial charge in [-0.05, 0) is 47.6 Å². The van der Waals surface area contributed by atoms with Gasteiger partial charge in [-0.25, -0.2) is 4.68 Å². The first-order valence-electron chi connectivity index (χ1n) is 8.57. The molecular formula is C17H23N5O2. The maximum atomic E-state index is 9.92. The van der Waals surface area contributed by atoms with Crippen LogP contribution in [-0.2, 0) is 0 Å². The number of aliphatic hydroxyl groups excluding tert-OH is 2. The summed E-state index contributed by atoms with van der Waals surface area (Å²) in [5.41, 5.74) is 1.16. The van der Waals surface area contributed by atoms with Gasteiger partial charge in [0.05, 0.1) is 18.2 Å². The average Bonchev–Trinajstić information content (AvgIpc) is 3.22. The molecule has 0 amide bonds. The van der Waals surface area contributed by atoms with Crippen molar-refractivity contribution in [3.8, 4) is 0 Å². The zero-order valence-corrected chi connectivity index (χ0v) is 13.7. The van der Waals surface area contributed by atoms with E-state index in [0.717, 1.165) is 24.6 Å². The highest BCUT2D eigenvalue weighted by Gasteiger charge is 2.42. The number of benzene rings is 1. The Bertz CT molecular complexity index is 673. The van der Waals surface area contributed by atoms with Gasteiger partial charge in [-0.1, -0.05) is 35.4 Å². The van der Waals surface area contributed by atoms with E-state index in [2.05, 4.69) is 39.5 Å². The molecule has 0 spiro atoms. The van der Waals surface area contributed by atoms with Gasteiger partial charge in [0.1, 0.15) is 0 Å². The van der Waals surface area contributed by atoms with E-state index in [9.17, 15) is 10.2 Å². The zero-order chi connectivity index (χ0) is 16.7. The SMILES string of the molecule is CC(c1ccccc1)n1nnnc1N1C[C@H]2C[C@H](O)[C@H](O)C[C@H]2C1. The lowest BCUT2D eigenvalue weighted by Crippen LogP contribution is -2.38. The van der Waals surface area contributed by atoms with Crippen molar-refractivity contribution >= 4 is 5.95 Å². The molecule has 2 N–H and O–H groups in total. The summed E-state index contributed by atoms with van der Waals surface area (Å²) in [7, 11) is 0. The predicted octanol–water partition coefficient (Wildman–Crippen LogP) is 0.850. The van der Waals surface area contributed by atoms with Crippen LogP contribution in [0.1, 0.15) is 31.4 Å². The largest absolute Gasteiger partial charge is 0.390 e. The summed E-state index contributed by atoms with van der Waals surface area (Å²) in [5, 5.41) is 32.2. The molecule has 0 bridgehead atoms.